The molecule has 0 aliphatic heterocycles. The Kier molecular flexibility index (Phi) is 4.30. The van der Waals surface area contributed by atoms with Gasteiger partial charge >= 0.3 is 0 Å². The predicted octanol–water partition coefficient (Wildman–Crippen LogP) is 2.85. The maximum absolute atomic E-state index is 11.9. The van der Waals surface area contributed by atoms with Gasteiger partial charge in [0, 0.05) is 23.1 Å². The van der Waals surface area contributed by atoms with Crippen LogP contribution in [0, 0.1) is 12.8 Å². The standard InChI is InChI=1S/C12H15ClO2/c1-8(5-6-14)12(15)11-4-3-10(13)7-9(11)2/h3-4,7-8,14H,5-6H2,1-2H3. The SMILES string of the molecule is Cc1cc(Cl)ccc1C(=O)C(C)CCO. The van der Waals surface area contributed by atoms with Gasteiger partial charge in [-0.2, -0.15) is 0 Å². The van der Waals surface area contributed by atoms with Crippen molar-refractivity contribution >= 4 is 17.4 Å². The van der Waals surface area contributed by atoms with Gasteiger partial charge in [0.1, 0.15) is 0 Å². The molecule has 0 heterocycles. The van der Waals surface area contributed by atoms with Gasteiger partial charge in [-0.3, -0.25) is 4.79 Å². The Labute approximate surface area is 94.9 Å². The first-order valence-electron chi connectivity index (χ1n) is 4.97. The number of halogens is 1. The number of carbonyl (C=O) groups is 1. The van der Waals surface area contributed by atoms with Crippen molar-refractivity contribution in [2.45, 2.75) is 20.3 Å². The first-order chi connectivity index (χ1) is 7.06. The second-order valence-corrected chi connectivity index (χ2v) is 4.17. The van der Waals surface area contributed by atoms with Crippen LogP contribution < -0.4 is 0 Å². The Hall–Kier alpha value is -0.860. The number of carbonyl (C=O) groups excluding carboxylic acids is 1. The zero-order valence-corrected chi connectivity index (χ0v) is 9.71. The zero-order chi connectivity index (χ0) is 11.4. The lowest BCUT2D eigenvalue weighted by molar-refractivity contribution is 0.0907. The van der Waals surface area contributed by atoms with Crippen molar-refractivity contribution in [2.24, 2.45) is 5.92 Å². The highest BCUT2D eigenvalue weighted by atomic mass is 35.5. The quantitative estimate of drug-likeness (QED) is 0.802. The van der Waals surface area contributed by atoms with E-state index in [4.69, 9.17) is 16.7 Å². The molecule has 1 rings (SSSR count). The third-order valence-electron chi connectivity index (χ3n) is 2.46. The number of Topliss-reactive ketones (excluding diaryl/α,β-unsaturated/α-hetero) is 1. The van der Waals surface area contributed by atoms with Gasteiger partial charge in [0.05, 0.1) is 0 Å². The molecule has 1 aromatic carbocycles. The molecule has 0 aliphatic rings. The molecule has 15 heavy (non-hydrogen) atoms. The Morgan fingerprint density at radius 2 is 2.20 bits per heavy atom. The Morgan fingerprint density at radius 1 is 1.53 bits per heavy atom. The molecule has 1 aromatic rings. The molecule has 0 spiro atoms. The van der Waals surface area contributed by atoms with E-state index in [2.05, 4.69) is 0 Å². The summed E-state index contributed by atoms with van der Waals surface area (Å²) < 4.78 is 0. The lowest BCUT2D eigenvalue weighted by Crippen LogP contribution is -2.14. The fourth-order valence-electron chi connectivity index (χ4n) is 1.49. The maximum Gasteiger partial charge on any atom is 0.166 e. The Balaban J connectivity index is 2.91. The summed E-state index contributed by atoms with van der Waals surface area (Å²) in [5, 5.41) is 9.41. The van der Waals surface area contributed by atoms with Crippen LogP contribution in [-0.4, -0.2) is 17.5 Å². The van der Waals surface area contributed by atoms with E-state index in [-0.39, 0.29) is 18.3 Å². The van der Waals surface area contributed by atoms with E-state index >= 15 is 0 Å². The smallest absolute Gasteiger partial charge is 0.166 e. The van der Waals surface area contributed by atoms with E-state index in [1.807, 2.05) is 13.8 Å². The Morgan fingerprint density at radius 3 is 2.73 bits per heavy atom. The van der Waals surface area contributed by atoms with Crippen molar-refractivity contribution in [3.8, 4) is 0 Å². The minimum atomic E-state index is -0.144. The second kappa shape index (κ2) is 5.29. The molecular formula is C12H15ClO2. The first kappa shape index (κ1) is 12.2. The Bertz CT molecular complexity index is 361. The van der Waals surface area contributed by atoms with Crippen LogP contribution in [0.1, 0.15) is 29.3 Å². The highest BCUT2D eigenvalue weighted by Gasteiger charge is 2.16. The summed E-state index contributed by atoms with van der Waals surface area (Å²) >= 11 is 5.81. The minimum Gasteiger partial charge on any atom is -0.396 e. The van der Waals surface area contributed by atoms with Crippen molar-refractivity contribution in [2.75, 3.05) is 6.61 Å². The number of hydrogen-bond donors (Lipinski definition) is 1. The van der Waals surface area contributed by atoms with E-state index in [0.717, 1.165) is 5.56 Å². The van der Waals surface area contributed by atoms with Crippen molar-refractivity contribution in [1.82, 2.24) is 0 Å². The molecule has 0 saturated carbocycles. The number of benzene rings is 1. The van der Waals surface area contributed by atoms with Crippen LogP contribution in [0.15, 0.2) is 18.2 Å². The summed E-state index contributed by atoms with van der Waals surface area (Å²) in [6.45, 7) is 3.73. The number of aryl methyl sites for hydroxylation is 1. The third-order valence-corrected chi connectivity index (χ3v) is 2.70. The van der Waals surface area contributed by atoms with Crippen LogP contribution in [0.2, 0.25) is 5.02 Å². The summed E-state index contributed by atoms with van der Waals surface area (Å²) in [6, 6.07) is 5.24. The molecule has 0 amide bonds. The number of ketones is 1. The lowest BCUT2D eigenvalue weighted by Gasteiger charge is -2.10. The van der Waals surface area contributed by atoms with Crippen LogP contribution in [0.25, 0.3) is 0 Å². The fourth-order valence-corrected chi connectivity index (χ4v) is 1.72. The summed E-state index contributed by atoms with van der Waals surface area (Å²) in [5.74, 6) is -0.0758. The predicted molar refractivity (Wildman–Crippen MR) is 61.4 cm³/mol. The van der Waals surface area contributed by atoms with E-state index < -0.39 is 0 Å². The first-order valence-corrected chi connectivity index (χ1v) is 5.35. The molecule has 2 nitrogen and oxygen atoms in total. The number of aliphatic hydroxyl groups excluding tert-OH is 1. The topological polar surface area (TPSA) is 37.3 Å². The molecule has 0 aromatic heterocycles. The van der Waals surface area contributed by atoms with Crippen LogP contribution in [0.4, 0.5) is 0 Å². The number of aliphatic hydroxyl groups is 1. The van der Waals surface area contributed by atoms with Crippen molar-refractivity contribution in [3.05, 3.63) is 34.3 Å². The average molecular weight is 227 g/mol. The van der Waals surface area contributed by atoms with Crippen LogP contribution in [0.3, 0.4) is 0 Å². The average Bonchev–Trinajstić information content (AvgIpc) is 2.17. The highest BCUT2D eigenvalue weighted by molar-refractivity contribution is 6.30. The second-order valence-electron chi connectivity index (χ2n) is 3.74. The van der Waals surface area contributed by atoms with Crippen LogP contribution in [-0.2, 0) is 0 Å². The van der Waals surface area contributed by atoms with E-state index in [1.54, 1.807) is 18.2 Å². The maximum atomic E-state index is 11.9. The monoisotopic (exact) mass is 226 g/mol. The number of hydrogen-bond acceptors (Lipinski definition) is 2. The molecule has 0 fully saturated rings. The highest BCUT2D eigenvalue weighted by Crippen LogP contribution is 2.19. The minimum absolute atomic E-state index is 0.0412. The van der Waals surface area contributed by atoms with E-state index in [1.165, 1.54) is 0 Å². The summed E-state index contributed by atoms with van der Waals surface area (Å²) in [5.41, 5.74) is 1.58. The van der Waals surface area contributed by atoms with Crippen LogP contribution in [0.5, 0.6) is 0 Å². The van der Waals surface area contributed by atoms with Gasteiger partial charge in [0.15, 0.2) is 5.78 Å². The molecule has 0 radical (unpaired) electrons. The molecule has 1 atom stereocenters. The van der Waals surface area contributed by atoms with E-state index in [9.17, 15) is 4.79 Å². The van der Waals surface area contributed by atoms with Gasteiger partial charge in [0.2, 0.25) is 0 Å². The number of rotatable bonds is 4. The van der Waals surface area contributed by atoms with E-state index in [0.29, 0.717) is 17.0 Å². The molecule has 0 bridgehead atoms. The molecular weight excluding hydrogens is 212 g/mol. The van der Waals surface area contributed by atoms with Gasteiger partial charge in [-0.25, -0.2) is 0 Å². The van der Waals surface area contributed by atoms with Gasteiger partial charge in [-0.05, 0) is 37.1 Å². The van der Waals surface area contributed by atoms with Gasteiger partial charge in [0.25, 0.3) is 0 Å². The molecule has 0 saturated heterocycles. The van der Waals surface area contributed by atoms with Gasteiger partial charge < -0.3 is 5.11 Å². The zero-order valence-electron chi connectivity index (χ0n) is 8.96. The lowest BCUT2D eigenvalue weighted by atomic mass is 9.94. The summed E-state index contributed by atoms with van der Waals surface area (Å²) in [4.78, 5) is 11.9. The van der Waals surface area contributed by atoms with Gasteiger partial charge in [-0.1, -0.05) is 18.5 Å². The fraction of sp³-hybridized carbons (Fsp3) is 0.417. The molecule has 1 N–H and O–H groups in total. The summed E-state index contributed by atoms with van der Waals surface area (Å²) in [6.07, 6.45) is 0.501. The van der Waals surface area contributed by atoms with Crippen molar-refractivity contribution in [1.29, 1.82) is 0 Å². The van der Waals surface area contributed by atoms with Gasteiger partial charge in [-0.15, -0.1) is 0 Å². The normalized spacial score (nSPS) is 12.5. The van der Waals surface area contributed by atoms with Crippen LogP contribution >= 0.6 is 11.6 Å². The largest absolute Gasteiger partial charge is 0.396 e. The summed E-state index contributed by atoms with van der Waals surface area (Å²) in [7, 11) is 0. The third kappa shape index (κ3) is 3.05. The molecule has 1 unspecified atom stereocenters. The molecule has 82 valence electrons. The van der Waals surface area contributed by atoms with Crippen molar-refractivity contribution in [3.63, 3.8) is 0 Å². The molecule has 0 aliphatic carbocycles. The molecule has 3 heteroatoms. The van der Waals surface area contributed by atoms with Crippen molar-refractivity contribution < 1.29 is 9.90 Å².